The van der Waals surface area contributed by atoms with Gasteiger partial charge in [0.25, 0.3) is 0 Å². The largest absolute Gasteiger partial charge is 0.368 e. The molecule has 0 aliphatic heterocycles. The van der Waals surface area contributed by atoms with Crippen LogP contribution in [-0.4, -0.2) is 16.5 Å². The van der Waals surface area contributed by atoms with Crippen LogP contribution in [0.5, 0.6) is 0 Å². The molecular formula is C13H10F2N4. The lowest BCUT2D eigenvalue weighted by atomic mass is 10.1. The lowest BCUT2D eigenvalue weighted by Gasteiger charge is -2.05. The normalized spacial score (nSPS) is 9.95. The van der Waals surface area contributed by atoms with Crippen LogP contribution in [-0.2, 0) is 6.42 Å². The van der Waals surface area contributed by atoms with Crippen LogP contribution in [0.3, 0.4) is 0 Å². The van der Waals surface area contributed by atoms with Crippen LogP contribution < -0.4 is 5.32 Å². The molecule has 0 fully saturated rings. The Bertz CT molecular complexity index is 585. The fourth-order valence-corrected chi connectivity index (χ4v) is 1.57. The molecule has 2 rings (SSSR count). The van der Waals surface area contributed by atoms with Gasteiger partial charge >= 0.3 is 0 Å². The number of aromatic nitrogens is 2. The summed E-state index contributed by atoms with van der Waals surface area (Å²) < 4.78 is 25.9. The number of anilines is 1. The second kappa shape index (κ2) is 5.87. The first-order valence-electron chi connectivity index (χ1n) is 5.58. The lowest BCUT2D eigenvalue weighted by Crippen LogP contribution is -2.07. The van der Waals surface area contributed by atoms with Gasteiger partial charge in [0.1, 0.15) is 23.5 Å². The van der Waals surface area contributed by atoms with E-state index in [1.165, 1.54) is 24.5 Å². The van der Waals surface area contributed by atoms with Crippen LogP contribution in [0.15, 0.2) is 30.6 Å². The molecule has 1 N–H and O–H groups in total. The monoisotopic (exact) mass is 260 g/mol. The van der Waals surface area contributed by atoms with E-state index in [-0.39, 0.29) is 5.69 Å². The molecule has 4 nitrogen and oxygen atoms in total. The van der Waals surface area contributed by atoms with E-state index in [9.17, 15) is 8.78 Å². The Morgan fingerprint density at radius 1 is 1.11 bits per heavy atom. The van der Waals surface area contributed by atoms with Crippen molar-refractivity contribution in [3.8, 4) is 6.07 Å². The molecule has 0 aliphatic carbocycles. The summed E-state index contributed by atoms with van der Waals surface area (Å²) in [4.78, 5) is 7.82. The van der Waals surface area contributed by atoms with E-state index in [1.807, 2.05) is 6.07 Å². The molecule has 1 aromatic heterocycles. The summed E-state index contributed by atoms with van der Waals surface area (Å²) >= 11 is 0. The minimum Gasteiger partial charge on any atom is -0.368 e. The van der Waals surface area contributed by atoms with E-state index in [4.69, 9.17) is 5.26 Å². The Kier molecular flexibility index (Phi) is 3.98. The SMILES string of the molecule is N#Cc1cnc(NCCc2cc(F)cc(F)c2)cn1. The van der Waals surface area contributed by atoms with Crippen molar-refractivity contribution in [1.29, 1.82) is 5.26 Å². The van der Waals surface area contributed by atoms with Crippen LogP contribution in [0.4, 0.5) is 14.6 Å². The molecule has 0 spiro atoms. The summed E-state index contributed by atoms with van der Waals surface area (Å²) in [6.45, 7) is 0.462. The molecule has 0 atom stereocenters. The van der Waals surface area contributed by atoms with Crippen LogP contribution in [0.25, 0.3) is 0 Å². The van der Waals surface area contributed by atoms with Crippen molar-refractivity contribution >= 4 is 5.82 Å². The van der Waals surface area contributed by atoms with E-state index in [1.54, 1.807) is 0 Å². The first-order valence-corrected chi connectivity index (χ1v) is 5.58. The van der Waals surface area contributed by atoms with Crippen molar-refractivity contribution in [3.05, 3.63) is 53.5 Å². The number of halogens is 2. The summed E-state index contributed by atoms with van der Waals surface area (Å²) in [6.07, 6.45) is 3.24. The number of benzene rings is 1. The zero-order chi connectivity index (χ0) is 13.7. The second-order valence-corrected chi connectivity index (χ2v) is 3.85. The highest BCUT2D eigenvalue weighted by Gasteiger charge is 2.01. The summed E-state index contributed by atoms with van der Waals surface area (Å²) in [7, 11) is 0. The lowest BCUT2D eigenvalue weighted by molar-refractivity contribution is 0.580. The molecule has 0 unspecified atom stereocenters. The van der Waals surface area contributed by atoms with Gasteiger partial charge in [-0.3, -0.25) is 0 Å². The molecule has 1 heterocycles. The topological polar surface area (TPSA) is 61.6 Å². The maximum Gasteiger partial charge on any atom is 0.158 e. The van der Waals surface area contributed by atoms with Crippen molar-refractivity contribution in [2.75, 3.05) is 11.9 Å². The predicted octanol–water partition coefficient (Wildman–Crippen LogP) is 2.28. The molecule has 0 amide bonds. The summed E-state index contributed by atoms with van der Waals surface area (Å²) in [6, 6.07) is 5.27. The Hall–Kier alpha value is -2.55. The Morgan fingerprint density at radius 3 is 2.42 bits per heavy atom. The standard InChI is InChI=1S/C13H10F2N4/c14-10-3-9(4-11(15)5-10)1-2-17-13-8-18-12(6-16)7-19-13/h3-5,7-8H,1-2H2,(H,17,19). The van der Waals surface area contributed by atoms with Gasteiger partial charge in [-0.15, -0.1) is 0 Å². The summed E-state index contributed by atoms with van der Waals surface area (Å²) in [5.41, 5.74) is 0.796. The number of nitriles is 1. The van der Waals surface area contributed by atoms with Crippen molar-refractivity contribution in [2.24, 2.45) is 0 Å². The fraction of sp³-hybridized carbons (Fsp3) is 0.154. The molecule has 2 aromatic rings. The molecule has 0 radical (unpaired) electrons. The van der Waals surface area contributed by atoms with Gasteiger partial charge in [-0.05, 0) is 24.1 Å². The van der Waals surface area contributed by atoms with Gasteiger partial charge in [0.15, 0.2) is 5.69 Å². The van der Waals surface area contributed by atoms with Crippen molar-refractivity contribution in [3.63, 3.8) is 0 Å². The Labute approximate surface area is 108 Å². The highest BCUT2D eigenvalue weighted by molar-refractivity contribution is 5.33. The number of nitrogens with one attached hydrogen (secondary N) is 1. The third-order valence-corrected chi connectivity index (χ3v) is 2.41. The molecule has 0 saturated carbocycles. The number of rotatable bonds is 4. The molecule has 1 aromatic carbocycles. The zero-order valence-electron chi connectivity index (χ0n) is 9.90. The van der Waals surface area contributed by atoms with Gasteiger partial charge in [-0.2, -0.15) is 5.26 Å². The Balaban J connectivity index is 1.90. The maximum absolute atomic E-state index is 12.9. The van der Waals surface area contributed by atoms with Gasteiger partial charge in [0.05, 0.1) is 12.4 Å². The smallest absolute Gasteiger partial charge is 0.158 e. The van der Waals surface area contributed by atoms with E-state index < -0.39 is 11.6 Å². The van der Waals surface area contributed by atoms with Gasteiger partial charge in [0.2, 0.25) is 0 Å². The first kappa shape index (κ1) is 12.9. The molecule has 6 heteroatoms. The van der Waals surface area contributed by atoms with Crippen LogP contribution in [0.1, 0.15) is 11.3 Å². The minimum absolute atomic E-state index is 0.234. The van der Waals surface area contributed by atoms with Crippen molar-refractivity contribution in [1.82, 2.24) is 9.97 Å². The van der Waals surface area contributed by atoms with Crippen LogP contribution in [0.2, 0.25) is 0 Å². The van der Waals surface area contributed by atoms with E-state index >= 15 is 0 Å². The maximum atomic E-state index is 12.9. The second-order valence-electron chi connectivity index (χ2n) is 3.85. The van der Waals surface area contributed by atoms with Crippen molar-refractivity contribution in [2.45, 2.75) is 6.42 Å². The van der Waals surface area contributed by atoms with E-state index in [0.29, 0.717) is 24.3 Å². The summed E-state index contributed by atoms with van der Waals surface area (Å²) in [5.74, 6) is -0.669. The summed E-state index contributed by atoms with van der Waals surface area (Å²) in [5, 5.41) is 11.5. The van der Waals surface area contributed by atoms with E-state index in [2.05, 4.69) is 15.3 Å². The fourth-order valence-electron chi connectivity index (χ4n) is 1.57. The molecule has 0 aliphatic rings. The third kappa shape index (κ3) is 3.71. The highest BCUT2D eigenvalue weighted by atomic mass is 19.1. The van der Waals surface area contributed by atoms with Gasteiger partial charge in [0, 0.05) is 12.6 Å². The van der Waals surface area contributed by atoms with Gasteiger partial charge in [-0.1, -0.05) is 0 Å². The number of nitrogens with zero attached hydrogens (tertiary/aromatic N) is 3. The number of hydrogen-bond acceptors (Lipinski definition) is 4. The molecule has 19 heavy (non-hydrogen) atoms. The average molecular weight is 260 g/mol. The third-order valence-electron chi connectivity index (χ3n) is 2.41. The molecule has 0 saturated heterocycles. The predicted molar refractivity (Wildman–Crippen MR) is 65.3 cm³/mol. The molecular weight excluding hydrogens is 250 g/mol. The zero-order valence-corrected chi connectivity index (χ0v) is 9.90. The Morgan fingerprint density at radius 2 is 1.84 bits per heavy atom. The number of hydrogen-bond donors (Lipinski definition) is 1. The van der Waals surface area contributed by atoms with Gasteiger partial charge in [-0.25, -0.2) is 18.7 Å². The molecule has 0 bridgehead atoms. The van der Waals surface area contributed by atoms with Crippen LogP contribution in [0, 0.1) is 23.0 Å². The minimum atomic E-state index is -0.590. The first-order chi connectivity index (χ1) is 9.17. The average Bonchev–Trinajstić information content (AvgIpc) is 2.38. The van der Waals surface area contributed by atoms with E-state index in [0.717, 1.165) is 6.07 Å². The van der Waals surface area contributed by atoms with Gasteiger partial charge < -0.3 is 5.32 Å². The van der Waals surface area contributed by atoms with Crippen LogP contribution >= 0.6 is 0 Å². The highest BCUT2D eigenvalue weighted by Crippen LogP contribution is 2.09. The molecule has 96 valence electrons. The quantitative estimate of drug-likeness (QED) is 0.916. The van der Waals surface area contributed by atoms with Crippen molar-refractivity contribution < 1.29 is 8.78 Å².